The van der Waals surface area contributed by atoms with Crippen molar-refractivity contribution in [1.29, 1.82) is 0 Å². The molecule has 1 saturated heterocycles. The lowest BCUT2D eigenvalue weighted by Crippen LogP contribution is -2.48. The molecule has 1 aromatic carbocycles. The molecule has 0 aliphatic carbocycles. The molecular weight excluding hydrogens is 352 g/mol. The summed E-state index contributed by atoms with van der Waals surface area (Å²) in [5, 5.41) is 4.71. The minimum atomic E-state index is 0.137. The monoisotopic (exact) mass is 378 g/mol. The molecule has 4 rings (SSSR count). The van der Waals surface area contributed by atoms with E-state index < -0.39 is 0 Å². The number of aryl methyl sites for hydroxylation is 1. The maximum Gasteiger partial charge on any atom is 0.219 e. The summed E-state index contributed by atoms with van der Waals surface area (Å²) < 4.78 is 0. The molecule has 146 valence electrons. The Morgan fingerprint density at radius 1 is 1.18 bits per heavy atom. The average molecular weight is 378 g/mol. The Balaban J connectivity index is 1.39. The molecule has 7 nitrogen and oxygen atoms in total. The minimum absolute atomic E-state index is 0.137. The van der Waals surface area contributed by atoms with Crippen LogP contribution in [0.15, 0.2) is 36.5 Å². The van der Waals surface area contributed by atoms with Crippen molar-refractivity contribution in [2.24, 2.45) is 0 Å². The van der Waals surface area contributed by atoms with Gasteiger partial charge in [0.25, 0.3) is 0 Å². The molecule has 0 radical (unpaired) electrons. The smallest absolute Gasteiger partial charge is 0.219 e. The first-order chi connectivity index (χ1) is 13.6. The van der Waals surface area contributed by atoms with Crippen molar-refractivity contribution < 1.29 is 4.79 Å². The minimum Gasteiger partial charge on any atom is -0.370 e. The van der Waals surface area contributed by atoms with Gasteiger partial charge in [0.2, 0.25) is 5.91 Å². The van der Waals surface area contributed by atoms with Gasteiger partial charge in [-0.15, -0.1) is 0 Å². The number of piperazine rings is 1. The molecule has 1 fully saturated rings. The summed E-state index contributed by atoms with van der Waals surface area (Å²) in [6.07, 6.45) is 3.00. The lowest BCUT2D eigenvalue weighted by molar-refractivity contribution is -0.129. The van der Waals surface area contributed by atoms with Gasteiger partial charge in [0.1, 0.15) is 17.5 Å². The van der Waals surface area contributed by atoms with Crippen molar-refractivity contribution in [2.45, 2.75) is 20.3 Å². The Kier molecular flexibility index (Phi) is 5.14. The molecule has 1 aliphatic rings. The van der Waals surface area contributed by atoms with Gasteiger partial charge in [0.15, 0.2) is 0 Å². The van der Waals surface area contributed by atoms with E-state index in [0.29, 0.717) is 0 Å². The number of hydrogen-bond acceptors (Lipinski definition) is 5. The van der Waals surface area contributed by atoms with Gasteiger partial charge in [-0.1, -0.05) is 18.2 Å². The number of carbonyl (C=O) groups excluding carboxylic acids is 1. The van der Waals surface area contributed by atoms with Crippen molar-refractivity contribution in [2.75, 3.05) is 42.9 Å². The number of rotatable bonds is 5. The van der Waals surface area contributed by atoms with E-state index in [4.69, 9.17) is 0 Å². The van der Waals surface area contributed by atoms with E-state index in [2.05, 4.69) is 49.6 Å². The maximum atomic E-state index is 11.5. The Bertz CT molecular complexity index is 974. The van der Waals surface area contributed by atoms with E-state index >= 15 is 0 Å². The number of aromatic nitrogens is 3. The highest BCUT2D eigenvalue weighted by atomic mass is 16.2. The van der Waals surface area contributed by atoms with E-state index in [0.717, 1.165) is 56.6 Å². The number of anilines is 2. The molecule has 1 aliphatic heterocycles. The number of nitrogens with one attached hydrogen (secondary N) is 2. The van der Waals surface area contributed by atoms with Crippen LogP contribution in [-0.2, 0) is 11.2 Å². The summed E-state index contributed by atoms with van der Waals surface area (Å²) >= 11 is 0. The van der Waals surface area contributed by atoms with Crippen molar-refractivity contribution in [3.8, 4) is 0 Å². The lowest BCUT2D eigenvalue weighted by atomic mass is 10.1. The van der Waals surface area contributed by atoms with Crippen LogP contribution in [-0.4, -0.2) is 58.5 Å². The van der Waals surface area contributed by atoms with Crippen LogP contribution in [0.3, 0.4) is 0 Å². The number of hydrogen-bond donors (Lipinski definition) is 2. The second kappa shape index (κ2) is 7.88. The van der Waals surface area contributed by atoms with Crippen LogP contribution in [0.25, 0.3) is 10.9 Å². The summed E-state index contributed by atoms with van der Waals surface area (Å²) in [6, 6.07) is 10.4. The van der Waals surface area contributed by atoms with Crippen LogP contribution in [0.2, 0.25) is 0 Å². The average Bonchev–Trinajstić information content (AvgIpc) is 3.11. The molecule has 3 heterocycles. The molecule has 3 aromatic rings. The summed E-state index contributed by atoms with van der Waals surface area (Å²) in [4.78, 5) is 28.1. The molecule has 28 heavy (non-hydrogen) atoms. The van der Waals surface area contributed by atoms with Gasteiger partial charge in [-0.05, 0) is 25.0 Å². The second-order valence-corrected chi connectivity index (χ2v) is 7.19. The van der Waals surface area contributed by atoms with Gasteiger partial charge < -0.3 is 20.1 Å². The zero-order valence-electron chi connectivity index (χ0n) is 16.4. The van der Waals surface area contributed by atoms with Crippen LogP contribution >= 0.6 is 0 Å². The van der Waals surface area contributed by atoms with Crippen LogP contribution in [0.5, 0.6) is 0 Å². The zero-order valence-corrected chi connectivity index (χ0v) is 16.4. The predicted octanol–water partition coefficient (Wildman–Crippen LogP) is 2.59. The molecule has 1 amide bonds. The number of benzene rings is 1. The largest absolute Gasteiger partial charge is 0.370 e. The van der Waals surface area contributed by atoms with E-state index in [1.807, 2.05) is 24.0 Å². The number of H-pyrrole nitrogens is 1. The van der Waals surface area contributed by atoms with Gasteiger partial charge in [0, 0.05) is 62.8 Å². The molecule has 2 aromatic heterocycles. The first kappa shape index (κ1) is 18.3. The van der Waals surface area contributed by atoms with E-state index in [9.17, 15) is 4.79 Å². The highest BCUT2D eigenvalue weighted by Crippen LogP contribution is 2.20. The summed E-state index contributed by atoms with van der Waals surface area (Å²) in [5.74, 6) is 2.65. The van der Waals surface area contributed by atoms with Gasteiger partial charge in [-0.2, -0.15) is 0 Å². The normalized spacial score (nSPS) is 14.5. The van der Waals surface area contributed by atoms with Gasteiger partial charge >= 0.3 is 0 Å². The van der Waals surface area contributed by atoms with Crippen molar-refractivity contribution >= 4 is 28.4 Å². The second-order valence-electron chi connectivity index (χ2n) is 7.19. The Morgan fingerprint density at radius 3 is 2.75 bits per heavy atom. The Hall–Kier alpha value is -3.09. The molecule has 0 bridgehead atoms. The van der Waals surface area contributed by atoms with E-state index in [1.165, 1.54) is 16.5 Å². The number of fused-ring (bicyclic) bond motifs is 1. The third kappa shape index (κ3) is 3.93. The van der Waals surface area contributed by atoms with Crippen LogP contribution in [0.4, 0.5) is 11.6 Å². The van der Waals surface area contributed by atoms with E-state index in [1.54, 1.807) is 6.92 Å². The molecule has 0 spiro atoms. The number of amides is 1. The SMILES string of the molecule is CC(=O)N1CCN(c2cc(NCCc3c[nH]c4ccccc34)nc(C)n2)CC1. The summed E-state index contributed by atoms with van der Waals surface area (Å²) in [5.41, 5.74) is 2.47. The number of carbonyl (C=O) groups is 1. The highest BCUT2D eigenvalue weighted by Gasteiger charge is 2.20. The Labute approximate surface area is 164 Å². The molecule has 2 N–H and O–H groups in total. The number of aromatic amines is 1. The maximum absolute atomic E-state index is 11.5. The van der Waals surface area contributed by atoms with Crippen molar-refractivity contribution in [1.82, 2.24) is 19.9 Å². The highest BCUT2D eigenvalue weighted by molar-refractivity contribution is 5.83. The van der Waals surface area contributed by atoms with Gasteiger partial charge in [0.05, 0.1) is 0 Å². The van der Waals surface area contributed by atoms with Gasteiger partial charge in [-0.3, -0.25) is 4.79 Å². The summed E-state index contributed by atoms with van der Waals surface area (Å²) in [6.45, 7) is 7.41. The fourth-order valence-corrected chi connectivity index (χ4v) is 3.72. The lowest BCUT2D eigenvalue weighted by Gasteiger charge is -2.35. The van der Waals surface area contributed by atoms with Crippen LogP contribution < -0.4 is 10.2 Å². The van der Waals surface area contributed by atoms with E-state index in [-0.39, 0.29) is 5.91 Å². The molecule has 0 atom stereocenters. The van der Waals surface area contributed by atoms with Crippen LogP contribution in [0, 0.1) is 6.92 Å². The van der Waals surface area contributed by atoms with Crippen molar-refractivity contribution in [3.05, 3.63) is 47.9 Å². The Morgan fingerprint density at radius 2 is 1.96 bits per heavy atom. The molecule has 0 unspecified atom stereocenters. The topological polar surface area (TPSA) is 77.2 Å². The third-order valence-electron chi connectivity index (χ3n) is 5.25. The first-order valence-corrected chi connectivity index (χ1v) is 9.75. The number of nitrogens with zero attached hydrogens (tertiary/aromatic N) is 4. The predicted molar refractivity (Wildman–Crippen MR) is 112 cm³/mol. The fourth-order valence-electron chi connectivity index (χ4n) is 3.72. The first-order valence-electron chi connectivity index (χ1n) is 9.75. The van der Waals surface area contributed by atoms with Gasteiger partial charge in [-0.25, -0.2) is 9.97 Å². The molecular formula is C21H26N6O. The zero-order chi connectivity index (χ0) is 19.5. The van der Waals surface area contributed by atoms with Crippen molar-refractivity contribution in [3.63, 3.8) is 0 Å². The molecule has 7 heteroatoms. The fraction of sp³-hybridized carbons (Fsp3) is 0.381. The standard InChI is InChI=1S/C21H26N6O/c1-15-24-20(13-21(25-15)27-11-9-26(10-12-27)16(2)28)22-8-7-17-14-23-19-6-4-3-5-18(17)19/h3-6,13-14,23H,7-12H2,1-2H3,(H,22,24,25). The van der Waals surface area contributed by atoms with Crippen LogP contribution in [0.1, 0.15) is 18.3 Å². The molecule has 0 saturated carbocycles. The summed E-state index contributed by atoms with van der Waals surface area (Å²) in [7, 11) is 0. The number of para-hydroxylation sites is 1. The quantitative estimate of drug-likeness (QED) is 0.714. The third-order valence-corrected chi connectivity index (χ3v) is 5.25.